The number of carbonyl (C=O) groups is 1. The van der Waals surface area contributed by atoms with Crippen LogP contribution in [0.2, 0.25) is 0 Å². The monoisotopic (exact) mass is 434 g/mol. The Balaban J connectivity index is 1.95. The highest BCUT2D eigenvalue weighted by Gasteiger charge is 2.42. The Labute approximate surface area is 179 Å². The predicted octanol–water partition coefficient (Wildman–Crippen LogP) is 2.31. The van der Waals surface area contributed by atoms with E-state index in [4.69, 9.17) is 23.7 Å². The van der Waals surface area contributed by atoms with Gasteiger partial charge in [0.25, 0.3) is 0 Å². The molecule has 0 aliphatic carbocycles. The van der Waals surface area contributed by atoms with Gasteiger partial charge in [-0.25, -0.2) is 0 Å². The second-order valence-corrected chi connectivity index (χ2v) is 7.07. The second kappa shape index (κ2) is 9.32. The maximum atomic E-state index is 13.3. The van der Waals surface area contributed by atoms with Gasteiger partial charge in [-0.05, 0) is 29.8 Å². The molecule has 31 heavy (non-hydrogen) atoms. The van der Waals surface area contributed by atoms with Crippen LogP contribution in [0.25, 0.3) is 0 Å². The zero-order chi connectivity index (χ0) is 22.7. The van der Waals surface area contributed by atoms with Gasteiger partial charge in [0, 0.05) is 18.1 Å². The van der Waals surface area contributed by atoms with E-state index in [0.717, 1.165) is 0 Å². The molecule has 0 bridgehead atoms. The SMILES string of the molecule is COc1cc(C(=O)[C@@H]2CO[C@H](c3cc(OC)c(O)c(OC)c3)[C@H]2CO)cc(OC)c1O. The van der Waals surface area contributed by atoms with E-state index < -0.39 is 17.9 Å². The molecule has 1 aliphatic heterocycles. The van der Waals surface area contributed by atoms with Gasteiger partial charge in [0.1, 0.15) is 0 Å². The number of phenols is 2. The third-order valence-electron chi connectivity index (χ3n) is 5.50. The minimum Gasteiger partial charge on any atom is -0.502 e. The molecule has 3 N–H and O–H groups in total. The van der Waals surface area contributed by atoms with Crippen LogP contribution in [-0.2, 0) is 4.74 Å². The quantitative estimate of drug-likeness (QED) is 0.537. The lowest BCUT2D eigenvalue weighted by Crippen LogP contribution is -2.26. The Morgan fingerprint density at radius 2 is 1.35 bits per heavy atom. The molecular formula is C22H26O9. The van der Waals surface area contributed by atoms with Gasteiger partial charge in [-0.1, -0.05) is 0 Å². The van der Waals surface area contributed by atoms with Crippen LogP contribution in [0.4, 0.5) is 0 Å². The largest absolute Gasteiger partial charge is 0.502 e. The summed E-state index contributed by atoms with van der Waals surface area (Å²) in [5.41, 5.74) is 0.863. The maximum absolute atomic E-state index is 13.3. The number of aliphatic hydroxyl groups is 1. The van der Waals surface area contributed by atoms with Crippen LogP contribution in [0.5, 0.6) is 34.5 Å². The van der Waals surface area contributed by atoms with Gasteiger partial charge in [0.05, 0.1) is 47.1 Å². The lowest BCUT2D eigenvalue weighted by molar-refractivity contribution is 0.0711. The summed E-state index contributed by atoms with van der Waals surface area (Å²) in [4.78, 5) is 13.3. The fourth-order valence-electron chi connectivity index (χ4n) is 3.83. The molecule has 3 atom stereocenters. The summed E-state index contributed by atoms with van der Waals surface area (Å²) in [6.45, 7) is -0.231. The molecular weight excluding hydrogens is 408 g/mol. The number of carbonyl (C=O) groups excluding carboxylic acids is 1. The Morgan fingerprint density at radius 1 is 0.903 bits per heavy atom. The van der Waals surface area contributed by atoms with Crippen molar-refractivity contribution in [3.05, 3.63) is 35.4 Å². The van der Waals surface area contributed by atoms with Gasteiger partial charge in [-0.3, -0.25) is 4.79 Å². The summed E-state index contributed by atoms with van der Waals surface area (Å²) >= 11 is 0. The van der Waals surface area contributed by atoms with E-state index in [9.17, 15) is 20.1 Å². The summed E-state index contributed by atoms with van der Waals surface area (Å²) in [6.07, 6.45) is -0.622. The fourth-order valence-corrected chi connectivity index (χ4v) is 3.83. The Morgan fingerprint density at radius 3 is 1.77 bits per heavy atom. The van der Waals surface area contributed by atoms with Gasteiger partial charge in [-0.15, -0.1) is 0 Å². The molecule has 0 unspecified atom stereocenters. The smallest absolute Gasteiger partial charge is 0.200 e. The van der Waals surface area contributed by atoms with Gasteiger partial charge in [0.2, 0.25) is 11.5 Å². The maximum Gasteiger partial charge on any atom is 0.200 e. The first kappa shape index (κ1) is 22.5. The topological polar surface area (TPSA) is 124 Å². The normalized spacial score (nSPS) is 20.4. The van der Waals surface area contributed by atoms with E-state index in [0.29, 0.717) is 5.56 Å². The zero-order valence-electron chi connectivity index (χ0n) is 17.7. The number of benzene rings is 2. The molecule has 1 heterocycles. The first-order chi connectivity index (χ1) is 14.9. The van der Waals surface area contributed by atoms with Crippen LogP contribution >= 0.6 is 0 Å². The molecule has 0 amide bonds. The summed E-state index contributed by atoms with van der Waals surface area (Å²) in [6, 6.07) is 6.03. The molecule has 3 rings (SSSR count). The van der Waals surface area contributed by atoms with Crippen molar-refractivity contribution in [3.8, 4) is 34.5 Å². The molecule has 1 aliphatic rings. The van der Waals surface area contributed by atoms with Gasteiger partial charge < -0.3 is 39.0 Å². The average molecular weight is 434 g/mol. The van der Waals surface area contributed by atoms with Gasteiger partial charge in [-0.2, -0.15) is 0 Å². The molecule has 1 saturated heterocycles. The number of methoxy groups -OCH3 is 4. The Hall–Kier alpha value is -3.17. The van der Waals surface area contributed by atoms with Gasteiger partial charge in [0.15, 0.2) is 28.8 Å². The highest BCUT2D eigenvalue weighted by molar-refractivity contribution is 5.99. The van der Waals surface area contributed by atoms with Crippen LogP contribution in [0.15, 0.2) is 24.3 Å². The molecule has 0 saturated carbocycles. The third-order valence-corrected chi connectivity index (χ3v) is 5.50. The summed E-state index contributed by atoms with van der Waals surface area (Å²) < 4.78 is 26.5. The zero-order valence-corrected chi connectivity index (χ0v) is 17.7. The number of hydrogen-bond acceptors (Lipinski definition) is 9. The number of ether oxygens (including phenoxy) is 5. The number of Topliss-reactive ketones (excluding diaryl/α,β-unsaturated/α-hetero) is 1. The average Bonchev–Trinajstić information content (AvgIpc) is 3.23. The summed E-state index contributed by atoms with van der Waals surface area (Å²) in [7, 11) is 5.57. The van der Waals surface area contributed by atoms with E-state index in [2.05, 4.69) is 0 Å². The van der Waals surface area contributed by atoms with Crippen molar-refractivity contribution in [3.63, 3.8) is 0 Å². The number of phenolic OH excluding ortho intramolecular Hbond substituents is 2. The van der Waals surface area contributed by atoms with Crippen molar-refractivity contribution in [1.29, 1.82) is 0 Å². The Kier molecular flexibility index (Phi) is 6.77. The number of aromatic hydroxyl groups is 2. The molecule has 0 spiro atoms. The molecule has 1 fully saturated rings. The van der Waals surface area contributed by atoms with Crippen molar-refractivity contribution in [2.24, 2.45) is 11.8 Å². The minimum absolute atomic E-state index is 0.0751. The van der Waals surface area contributed by atoms with Crippen LogP contribution in [0.1, 0.15) is 22.0 Å². The van der Waals surface area contributed by atoms with E-state index >= 15 is 0 Å². The van der Waals surface area contributed by atoms with Crippen LogP contribution in [-0.4, -0.2) is 62.8 Å². The van der Waals surface area contributed by atoms with Crippen molar-refractivity contribution in [2.75, 3.05) is 41.7 Å². The predicted molar refractivity (Wildman–Crippen MR) is 110 cm³/mol. The van der Waals surface area contributed by atoms with Crippen molar-refractivity contribution in [1.82, 2.24) is 0 Å². The lowest BCUT2D eigenvalue weighted by atomic mass is 9.83. The van der Waals surface area contributed by atoms with Gasteiger partial charge >= 0.3 is 0 Å². The summed E-state index contributed by atoms with van der Waals surface area (Å²) in [5, 5.41) is 30.3. The first-order valence-electron chi connectivity index (χ1n) is 9.56. The van der Waals surface area contributed by atoms with Crippen LogP contribution in [0, 0.1) is 11.8 Å². The van der Waals surface area contributed by atoms with E-state index in [-0.39, 0.29) is 59.1 Å². The minimum atomic E-state index is -0.653. The molecule has 9 nitrogen and oxygen atoms in total. The standard InChI is InChI=1S/C22H26O9/c1-27-15-5-11(6-16(28-2)20(15)25)19(24)14-10-31-22(13(14)9-23)12-7-17(29-3)21(26)18(8-12)30-4/h5-8,13-14,22-23,25-26H,9-10H2,1-4H3/t13-,14+,22+/m0/s1. The Bertz CT molecular complexity index is 906. The molecule has 2 aromatic rings. The molecule has 2 aromatic carbocycles. The molecule has 168 valence electrons. The van der Waals surface area contributed by atoms with Crippen molar-refractivity contribution in [2.45, 2.75) is 6.10 Å². The number of hydrogen-bond donors (Lipinski definition) is 3. The van der Waals surface area contributed by atoms with Crippen LogP contribution < -0.4 is 18.9 Å². The fraction of sp³-hybridized carbons (Fsp3) is 0.409. The second-order valence-electron chi connectivity index (χ2n) is 7.07. The molecule has 0 radical (unpaired) electrons. The molecule has 0 aromatic heterocycles. The van der Waals surface area contributed by atoms with Crippen LogP contribution in [0.3, 0.4) is 0 Å². The number of aliphatic hydroxyl groups excluding tert-OH is 1. The molecule has 9 heteroatoms. The van der Waals surface area contributed by atoms with E-state index in [1.165, 1.54) is 40.6 Å². The third kappa shape index (κ3) is 4.06. The van der Waals surface area contributed by atoms with Crippen molar-refractivity contribution < 1.29 is 43.8 Å². The number of ketones is 1. The number of rotatable bonds is 8. The summed E-state index contributed by atoms with van der Waals surface area (Å²) in [5.74, 6) is -1.26. The first-order valence-corrected chi connectivity index (χ1v) is 9.56. The lowest BCUT2D eigenvalue weighted by Gasteiger charge is -2.22. The van der Waals surface area contributed by atoms with Crippen molar-refractivity contribution >= 4 is 5.78 Å². The van der Waals surface area contributed by atoms with E-state index in [1.807, 2.05) is 0 Å². The van der Waals surface area contributed by atoms with E-state index in [1.54, 1.807) is 12.1 Å². The highest BCUT2D eigenvalue weighted by atomic mass is 16.5. The highest BCUT2D eigenvalue weighted by Crippen LogP contribution is 2.46.